The zero-order chi connectivity index (χ0) is 21.3. The van der Waals surface area contributed by atoms with Crippen molar-refractivity contribution < 1.29 is 27.4 Å². The molecule has 2 heterocycles. The van der Waals surface area contributed by atoms with Crippen LogP contribution in [-0.4, -0.2) is 57.1 Å². The van der Waals surface area contributed by atoms with Crippen molar-refractivity contribution in [3.63, 3.8) is 0 Å². The van der Waals surface area contributed by atoms with Gasteiger partial charge in [-0.05, 0) is 43.7 Å². The molecular weight excluding hydrogens is 408 g/mol. The first-order chi connectivity index (χ1) is 14.4. The maximum atomic E-state index is 12.9. The van der Waals surface area contributed by atoms with Gasteiger partial charge < -0.3 is 19.5 Å². The Hall–Kier alpha value is -2.62. The Morgan fingerprint density at radius 3 is 2.43 bits per heavy atom. The minimum atomic E-state index is -3.67. The van der Waals surface area contributed by atoms with Crippen molar-refractivity contribution in [2.24, 2.45) is 0 Å². The maximum Gasteiger partial charge on any atom is 0.269 e. The number of carbonyl (C=O) groups is 1. The number of sulfonamides is 1. The summed E-state index contributed by atoms with van der Waals surface area (Å²) in [6.07, 6.45) is -1.36. The molecule has 0 aromatic heterocycles. The Kier molecular flexibility index (Phi) is 5.68. The molecule has 1 N–H and O–H groups in total. The molecule has 1 fully saturated rings. The molecule has 4 rings (SSSR count). The first-order valence-electron chi connectivity index (χ1n) is 9.78. The van der Waals surface area contributed by atoms with E-state index in [9.17, 15) is 13.2 Å². The predicted octanol–water partition coefficient (Wildman–Crippen LogP) is 2.18. The lowest BCUT2D eigenvalue weighted by Gasteiger charge is -2.31. The predicted molar refractivity (Wildman–Crippen MR) is 110 cm³/mol. The summed E-state index contributed by atoms with van der Waals surface area (Å²) in [5, 5.41) is 2.80. The van der Waals surface area contributed by atoms with E-state index in [0.717, 1.165) is 5.56 Å². The summed E-state index contributed by atoms with van der Waals surface area (Å²) in [7, 11) is -3.67. The number of fused-ring (bicyclic) bond motifs is 1. The number of para-hydroxylation sites is 2. The van der Waals surface area contributed by atoms with Crippen molar-refractivity contribution in [3.05, 3.63) is 48.0 Å². The molecule has 2 aromatic rings. The maximum absolute atomic E-state index is 12.9. The number of hydrogen-bond acceptors (Lipinski definition) is 6. The van der Waals surface area contributed by atoms with Crippen molar-refractivity contribution >= 4 is 21.6 Å². The van der Waals surface area contributed by atoms with Crippen LogP contribution in [0.15, 0.2) is 47.4 Å². The number of amides is 1. The lowest BCUT2D eigenvalue weighted by molar-refractivity contribution is -0.128. The Bertz CT molecular complexity index is 1050. The average molecular weight is 432 g/mol. The number of hydrogen-bond donors (Lipinski definition) is 1. The zero-order valence-corrected chi connectivity index (χ0v) is 17.6. The molecule has 0 bridgehead atoms. The highest BCUT2D eigenvalue weighted by atomic mass is 32.2. The van der Waals surface area contributed by atoms with Crippen LogP contribution < -0.4 is 14.8 Å². The number of morpholine rings is 1. The van der Waals surface area contributed by atoms with E-state index >= 15 is 0 Å². The monoisotopic (exact) mass is 432 g/mol. The van der Waals surface area contributed by atoms with Crippen LogP contribution in [0.25, 0.3) is 0 Å². The Morgan fingerprint density at radius 1 is 1.07 bits per heavy atom. The summed E-state index contributed by atoms with van der Waals surface area (Å²) < 4.78 is 44.1. The summed E-state index contributed by atoms with van der Waals surface area (Å²) in [5.41, 5.74) is 1.16. The molecule has 0 spiro atoms. The van der Waals surface area contributed by atoms with Crippen LogP contribution in [0, 0.1) is 6.92 Å². The van der Waals surface area contributed by atoms with E-state index in [-0.39, 0.29) is 4.90 Å². The molecule has 2 atom stereocenters. The van der Waals surface area contributed by atoms with Gasteiger partial charge >= 0.3 is 0 Å². The molecule has 2 aromatic carbocycles. The van der Waals surface area contributed by atoms with Crippen LogP contribution >= 0.6 is 0 Å². The second-order valence-corrected chi connectivity index (χ2v) is 9.23. The quantitative estimate of drug-likeness (QED) is 0.796. The summed E-state index contributed by atoms with van der Waals surface area (Å²) in [4.78, 5) is 13.0. The average Bonchev–Trinajstić information content (AvgIpc) is 2.75. The minimum absolute atomic E-state index is 0.129. The SMILES string of the molecule is Cc1ccc(S(=O)(=O)N2CCOCC2)cc1NC(=O)C1Oc2ccccc2OC1C. The van der Waals surface area contributed by atoms with Gasteiger partial charge in [0.15, 0.2) is 11.5 Å². The van der Waals surface area contributed by atoms with Crippen molar-refractivity contribution in [2.75, 3.05) is 31.6 Å². The van der Waals surface area contributed by atoms with Crippen molar-refractivity contribution in [3.8, 4) is 11.5 Å². The number of aryl methyl sites for hydroxylation is 1. The van der Waals surface area contributed by atoms with Gasteiger partial charge in [0.25, 0.3) is 5.91 Å². The second kappa shape index (κ2) is 8.25. The zero-order valence-electron chi connectivity index (χ0n) is 16.8. The third kappa shape index (κ3) is 4.00. The fourth-order valence-corrected chi connectivity index (χ4v) is 4.88. The fourth-order valence-electron chi connectivity index (χ4n) is 3.44. The summed E-state index contributed by atoms with van der Waals surface area (Å²) in [6, 6.07) is 11.9. The molecule has 2 aliphatic heterocycles. The number of ether oxygens (including phenoxy) is 3. The van der Waals surface area contributed by atoms with Crippen LogP contribution in [-0.2, 0) is 19.6 Å². The van der Waals surface area contributed by atoms with Gasteiger partial charge in [-0.1, -0.05) is 18.2 Å². The largest absolute Gasteiger partial charge is 0.482 e. The molecular formula is C21H24N2O6S. The van der Waals surface area contributed by atoms with Gasteiger partial charge in [0.05, 0.1) is 18.1 Å². The van der Waals surface area contributed by atoms with Crippen molar-refractivity contribution in [1.82, 2.24) is 4.31 Å². The number of rotatable bonds is 4. The standard InChI is InChI=1S/C21H24N2O6S/c1-14-7-8-16(30(25,26)23-9-11-27-12-10-23)13-17(14)22-21(24)20-15(2)28-18-5-3-4-6-19(18)29-20/h3-8,13,15,20H,9-12H2,1-2H3,(H,22,24). The summed E-state index contributed by atoms with van der Waals surface area (Å²) in [6.45, 7) is 4.91. The van der Waals surface area contributed by atoms with Gasteiger partial charge in [-0.15, -0.1) is 0 Å². The Labute approximate surface area is 175 Å². The normalized spacial score (nSPS) is 21.8. The van der Waals surface area contributed by atoms with E-state index < -0.39 is 28.1 Å². The van der Waals surface area contributed by atoms with Gasteiger partial charge in [0, 0.05) is 18.8 Å². The van der Waals surface area contributed by atoms with Gasteiger partial charge in [0.1, 0.15) is 6.10 Å². The van der Waals surface area contributed by atoms with E-state index in [1.807, 2.05) is 6.07 Å². The Morgan fingerprint density at radius 2 is 1.73 bits per heavy atom. The molecule has 2 aliphatic rings. The molecule has 0 aliphatic carbocycles. The van der Waals surface area contributed by atoms with E-state index in [4.69, 9.17) is 14.2 Å². The topological polar surface area (TPSA) is 94.2 Å². The minimum Gasteiger partial charge on any atom is -0.482 e. The first kappa shape index (κ1) is 20.6. The van der Waals surface area contributed by atoms with Gasteiger partial charge in [-0.2, -0.15) is 4.31 Å². The van der Waals surface area contributed by atoms with E-state index in [2.05, 4.69) is 5.32 Å². The van der Waals surface area contributed by atoms with Crippen molar-refractivity contribution in [2.45, 2.75) is 31.0 Å². The summed E-state index contributed by atoms with van der Waals surface area (Å²) >= 11 is 0. The van der Waals surface area contributed by atoms with Crippen LogP contribution in [0.1, 0.15) is 12.5 Å². The first-order valence-corrected chi connectivity index (χ1v) is 11.2. The lowest BCUT2D eigenvalue weighted by Crippen LogP contribution is -2.46. The molecule has 0 saturated carbocycles. The highest BCUT2D eigenvalue weighted by Crippen LogP contribution is 2.34. The van der Waals surface area contributed by atoms with Gasteiger partial charge in [0.2, 0.25) is 16.1 Å². The third-order valence-corrected chi connectivity index (χ3v) is 7.07. The van der Waals surface area contributed by atoms with Crippen LogP contribution in [0.5, 0.6) is 11.5 Å². The highest BCUT2D eigenvalue weighted by molar-refractivity contribution is 7.89. The molecule has 1 saturated heterocycles. The second-order valence-electron chi connectivity index (χ2n) is 7.29. The molecule has 2 unspecified atom stereocenters. The number of nitrogens with one attached hydrogen (secondary N) is 1. The van der Waals surface area contributed by atoms with Crippen molar-refractivity contribution in [1.29, 1.82) is 0 Å². The van der Waals surface area contributed by atoms with E-state index in [0.29, 0.717) is 43.5 Å². The molecule has 1 amide bonds. The van der Waals surface area contributed by atoms with Gasteiger partial charge in [-0.25, -0.2) is 8.42 Å². The number of carbonyl (C=O) groups excluding carboxylic acids is 1. The van der Waals surface area contributed by atoms with Crippen LogP contribution in [0.3, 0.4) is 0 Å². The number of anilines is 1. The van der Waals surface area contributed by atoms with E-state index in [1.54, 1.807) is 44.2 Å². The molecule has 0 radical (unpaired) electrons. The number of nitrogens with zero attached hydrogens (tertiary/aromatic N) is 1. The molecule has 30 heavy (non-hydrogen) atoms. The van der Waals surface area contributed by atoms with Gasteiger partial charge in [-0.3, -0.25) is 4.79 Å². The smallest absolute Gasteiger partial charge is 0.269 e. The van der Waals surface area contributed by atoms with E-state index in [1.165, 1.54) is 10.4 Å². The highest BCUT2D eigenvalue weighted by Gasteiger charge is 2.34. The molecule has 160 valence electrons. The fraction of sp³-hybridized carbons (Fsp3) is 0.381. The molecule has 9 heteroatoms. The third-order valence-electron chi connectivity index (χ3n) is 5.18. The van der Waals surface area contributed by atoms with Crippen LogP contribution in [0.4, 0.5) is 5.69 Å². The number of benzene rings is 2. The molecule has 8 nitrogen and oxygen atoms in total. The van der Waals surface area contributed by atoms with Crippen LogP contribution in [0.2, 0.25) is 0 Å². The lowest BCUT2D eigenvalue weighted by atomic mass is 10.1. The Balaban J connectivity index is 1.55. The summed E-state index contributed by atoms with van der Waals surface area (Å²) in [5.74, 6) is 0.681.